The van der Waals surface area contributed by atoms with Gasteiger partial charge >= 0.3 is 6.18 Å². The minimum Gasteiger partial charge on any atom is -0.383 e. The van der Waals surface area contributed by atoms with Crippen molar-refractivity contribution in [2.45, 2.75) is 17.3 Å². The molecule has 7 heteroatoms. The van der Waals surface area contributed by atoms with Crippen molar-refractivity contribution in [3.63, 3.8) is 0 Å². The van der Waals surface area contributed by atoms with E-state index in [-0.39, 0.29) is 0 Å². The normalized spacial score (nSPS) is 13.9. The number of halogens is 4. The van der Waals surface area contributed by atoms with E-state index in [1.165, 1.54) is 6.20 Å². The van der Waals surface area contributed by atoms with E-state index in [2.05, 4.69) is 20.9 Å². The number of hydrogen-bond donors (Lipinski definition) is 1. The van der Waals surface area contributed by atoms with Crippen LogP contribution in [0.5, 0.6) is 0 Å². The topological polar surface area (TPSA) is 33.1 Å². The molecular weight excluding hydrogens is 295 g/mol. The first-order valence-electron chi connectivity index (χ1n) is 3.89. The highest BCUT2D eigenvalue weighted by molar-refractivity contribution is 9.10. The third-order valence-electron chi connectivity index (χ3n) is 1.47. The molecule has 1 unspecified atom stereocenters. The van der Waals surface area contributed by atoms with Gasteiger partial charge in [-0.05, 0) is 28.1 Å². The van der Waals surface area contributed by atoms with Gasteiger partial charge in [-0.25, -0.2) is 4.98 Å². The van der Waals surface area contributed by atoms with Crippen molar-refractivity contribution >= 4 is 27.7 Å². The van der Waals surface area contributed by atoms with Gasteiger partial charge in [-0.1, -0.05) is 0 Å². The molecule has 1 N–H and O–H groups in total. The number of alkyl halides is 3. The molecule has 1 aromatic heterocycles. The Kier molecular flexibility index (Phi) is 4.42. The van der Waals surface area contributed by atoms with E-state index in [0.717, 1.165) is 16.2 Å². The highest BCUT2D eigenvalue weighted by atomic mass is 79.9. The fourth-order valence-electron chi connectivity index (χ4n) is 0.706. The van der Waals surface area contributed by atoms with Crippen molar-refractivity contribution < 1.29 is 18.3 Å². The molecule has 1 aromatic rings. The van der Waals surface area contributed by atoms with Crippen LogP contribution in [0, 0.1) is 0 Å². The average Bonchev–Trinajstić information content (AvgIpc) is 2.15. The number of nitrogens with zero attached hydrogens (tertiary/aromatic N) is 1. The Morgan fingerprint density at radius 2 is 2.13 bits per heavy atom. The highest BCUT2D eigenvalue weighted by Crippen LogP contribution is 2.26. The van der Waals surface area contributed by atoms with Gasteiger partial charge in [0.2, 0.25) is 0 Å². The van der Waals surface area contributed by atoms with Crippen molar-refractivity contribution in [2.75, 3.05) is 5.75 Å². The number of pyridine rings is 1. The molecule has 0 fully saturated rings. The maximum Gasteiger partial charge on any atom is 0.415 e. The number of aliphatic hydroxyl groups is 1. The number of aromatic nitrogens is 1. The molecule has 0 aliphatic carbocycles. The molecule has 84 valence electrons. The third kappa shape index (κ3) is 4.40. The van der Waals surface area contributed by atoms with Crippen LogP contribution >= 0.6 is 27.7 Å². The smallest absolute Gasteiger partial charge is 0.383 e. The summed E-state index contributed by atoms with van der Waals surface area (Å²) in [4.78, 5) is 3.87. The van der Waals surface area contributed by atoms with Crippen LogP contribution in [-0.4, -0.2) is 28.1 Å². The molecule has 0 aliphatic rings. The second kappa shape index (κ2) is 5.18. The van der Waals surface area contributed by atoms with Crippen LogP contribution < -0.4 is 0 Å². The molecule has 0 aromatic carbocycles. The summed E-state index contributed by atoms with van der Waals surface area (Å²) in [5.74, 6) is -0.446. The largest absolute Gasteiger partial charge is 0.415 e. The van der Waals surface area contributed by atoms with Crippen LogP contribution in [0.25, 0.3) is 0 Å². The lowest BCUT2D eigenvalue weighted by Crippen LogP contribution is -2.30. The lowest BCUT2D eigenvalue weighted by molar-refractivity contribution is -0.195. The van der Waals surface area contributed by atoms with Gasteiger partial charge in [0.15, 0.2) is 6.10 Å². The molecule has 0 aliphatic heterocycles. The number of aliphatic hydroxyl groups excluding tert-OH is 1. The van der Waals surface area contributed by atoms with Crippen molar-refractivity contribution in [2.24, 2.45) is 0 Å². The van der Waals surface area contributed by atoms with Gasteiger partial charge in [-0.2, -0.15) is 13.2 Å². The molecule has 0 saturated carbocycles. The summed E-state index contributed by atoms with van der Waals surface area (Å²) in [7, 11) is 0. The average molecular weight is 302 g/mol. The zero-order chi connectivity index (χ0) is 11.5. The van der Waals surface area contributed by atoms with Crippen LogP contribution in [0.4, 0.5) is 13.2 Å². The summed E-state index contributed by atoms with van der Waals surface area (Å²) < 4.78 is 36.5. The van der Waals surface area contributed by atoms with Crippen molar-refractivity contribution in [3.8, 4) is 0 Å². The molecule has 1 atom stereocenters. The molecule has 2 nitrogen and oxygen atoms in total. The predicted molar refractivity (Wildman–Crippen MR) is 54.7 cm³/mol. The van der Waals surface area contributed by atoms with E-state index in [0.29, 0.717) is 5.03 Å². The third-order valence-corrected chi connectivity index (χ3v) is 2.96. The van der Waals surface area contributed by atoms with E-state index >= 15 is 0 Å². The van der Waals surface area contributed by atoms with Crippen LogP contribution in [0.3, 0.4) is 0 Å². The molecule has 0 radical (unpaired) electrons. The maximum absolute atomic E-state index is 11.9. The minimum absolute atomic E-state index is 0.446. The molecular formula is C8H7BrF3NOS. The van der Waals surface area contributed by atoms with Crippen molar-refractivity contribution in [1.29, 1.82) is 0 Å². The Balaban J connectivity index is 2.47. The maximum atomic E-state index is 11.9. The van der Waals surface area contributed by atoms with Crippen LogP contribution in [0.1, 0.15) is 0 Å². The van der Waals surface area contributed by atoms with E-state index in [1.807, 2.05) is 0 Å². The van der Waals surface area contributed by atoms with E-state index in [4.69, 9.17) is 5.11 Å². The quantitative estimate of drug-likeness (QED) is 0.872. The zero-order valence-corrected chi connectivity index (χ0v) is 9.73. The fraction of sp³-hybridized carbons (Fsp3) is 0.375. The predicted octanol–water partition coefficient (Wildman–Crippen LogP) is 2.86. The Bertz CT molecular complexity index is 317. The summed E-state index contributed by atoms with van der Waals surface area (Å²) in [6, 6.07) is 3.26. The van der Waals surface area contributed by atoms with Crippen LogP contribution in [-0.2, 0) is 0 Å². The van der Waals surface area contributed by atoms with E-state index in [1.54, 1.807) is 12.1 Å². The number of rotatable bonds is 3. The Morgan fingerprint density at radius 3 is 2.60 bits per heavy atom. The molecule has 1 heterocycles. The molecule has 15 heavy (non-hydrogen) atoms. The zero-order valence-electron chi connectivity index (χ0n) is 7.33. The Labute approximate surface area is 97.0 Å². The molecule has 0 bridgehead atoms. The van der Waals surface area contributed by atoms with Crippen LogP contribution in [0.15, 0.2) is 27.8 Å². The molecule has 0 saturated heterocycles. The lowest BCUT2D eigenvalue weighted by Gasteiger charge is -2.13. The summed E-state index contributed by atoms with van der Waals surface area (Å²) in [6.45, 7) is 0. The Morgan fingerprint density at radius 1 is 1.47 bits per heavy atom. The summed E-state index contributed by atoms with van der Waals surface area (Å²) in [6.07, 6.45) is -5.39. The van der Waals surface area contributed by atoms with Gasteiger partial charge < -0.3 is 5.11 Å². The standard InChI is InChI=1S/C8H7BrF3NOS/c9-5-1-2-7(13-3-5)15-4-6(14)8(10,11)12/h1-3,6,14H,4H2. The van der Waals surface area contributed by atoms with E-state index < -0.39 is 18.0 Å². The summed E-state index contributed by atoms with van der Waals surface area (Å²) in [5, 5.41) is 9.16. The van der Waals surface area contributed by atoms with Gasteiger partial charge in [0.05, 0.1) is 5.03 Å². The van der Waals surface area contributed by atoms with Crippen molar-refractivity contribution in [3.05, 3.63) is 22.8 Å². The first kappa shape index (κ1) is 12.8. The van der Waals surface area contributed by atoms with Gasteiger partial charge in [0.25, 0.3) is 0 Å². The van der Waals surface area contributed by atoms with Gasteiger partial charge in [-0.3, -0.25) is 0 Å². The minimum atomic E-state index is -4.57. The van der Waals surface area contributed by atoms with Gasteiger partial charge in [-0.15, -0.1) is 11.8 Å². The highest BCUT2D eigenvalue weighted by Gasteiger charge is 2.37. The van der Waals surface area contributed by atoms with Gasteiger partial charge in [0.1, 0.15) is 0 Å². The lowest BCUT2D eigenvalue weighted by atomic mass is 10.4. The molecule has 0 spiro atoms. The van der Waals surface area contributed by atoms with E-state index in [9.17, 15) is 13.2 Å². The fourth-order valence-corrected chi connectivity index (χ4v) is 1.75. The SMILES string of the molecule is OC(CSc1ccc(Br)cn1)C(F)(F)F. The molecule has 0 amide bonds. The second-order valence-corrected chi connectivity index (χ2v) is 4.64. The summed E-state index contributed by atoms with van der Waals surface area (Å²) in [5.41, 5.74) is 0. The Hall–Kier alpha value is -0.270. The first-order valence-corrected chi connectivity index (χ1v) is 5.66. The summed E-state index contributed by atoms with van der Waals surface area (Å²) >= 11 is 4.02. The van der Waals surface area contributed by atoms with Crippen molar-refractivity contribution in [1.82, 2.24) is 4.98 Å². The second-order valence-electron chi connectivity index (χ2n) is 2.68. The number of thioether (sulfide) groups is 1. The molecule has 1 rings (SSSR count). The van der Waals surface area contributed by atoms with Crippen LogP contribution in [0.2, 0.25) is 0 Å². The first-order chi connectivity index (χ1) is 6.89. The monoisotopic (exact) mass is 301 g/mol. The number of hydrogen-bond acceptors (Lipinski definition) is 3. The van der Waals surface area contributed by atoms with Gasteiger partial charge in [0, 0.05) is 16.4 Å².